The lowest BCUT2D eigenvalue weighted by Gasteiger charge is -2.13. The molecule has 2 N–H and O–H groups in total. The first kappa shape index (κ1) is 11.8. The van der Waals surface area contributed by atoms with Crippen molar-refractivity contribution in [3.05, 3.63) is 23.9 Å². The normalized spacial score (nSPS) is 12.9. The molecule has 5 heteroatoms. The molecule has 1 atom stereocenters. The minimum absolute atomic E-state index is 0.151. The van der Waals surface area contributed by atoms with Crippen molar-refractivity contribution in [2.24, 2.45) is 5.73 Å². The van der Waals surface area contributed by atoms with Crippen LogP contribution in [0.1, 0.15) is 5.56 Å². The van der Waals surface area contributed by atoms with Crippen LogP contribution in [0.15, 0.2) is 18.3 Å². The van der Waals surface area contributed by atoms with Gasteiger partial charge in [0.05, 0.1) is 6.04 Å². The molecule has 3 nitrogen and oxygen atoms in total. The van der Waals surface area contributed by atoms with Gasteiger partial charge >= 0.3 is 0 Å². The monoisotopic (exact) mass is 215 g/mol. The first-order valence-corrected chi connectivity index (χ1v) is 4.66. The van der Waals surface area contributed by atoms with Gasteiger partial charge in [-0.1, -0.05) is 6.07 Å². The fourth-order valence-electron chi connectivity index (χ4n) is 1.16. The van der Waals surface area contributed by atoms with Crippen LogP contribution in [-0.2, 0) is 6.42 Å². The van der Waals surface area contributed by atoms with Crippen LogP contribution in [0, 0.1) is 0 Å². The van der Waals surface area contributed by atoms with E-state index in [1.54, 1.807) is 18.3 Å². The molecule has 0 aromatic carbocycles. The Morgan fingerprint density at radius 2 is 2.07 bits per heavy atom. The molecule has 0 fully saturated rings. The van der Waals surface area contributed by atoms with Gasteiger partial charge in [0.15, 0.2) is 0 Å². The molecule has 1 aromatic rings. The zero-order valence-electron chi connectivity index (χ0n) is 8.82. The summed E-state index contributed by atoms with van der Waals surface area (Å²) in [5.41, 5.74) is 5.99. The molecule has 1 aromatic heterocycles. The first-order chi connectivity index (χ1) is 7.00. The molecule has 0 aliphatic heterocycles. The smallest absolute Gasteiger partial charge is 0.253 e. The fourth-order valence-corrected chi connectivity index (χ4v) is 1.16. The summed E-state index contributed by atoms with van der Waals surface area (Å²) in [5.74, 6) is 0.796. The van der Waals surface area contributed by atoms with Crippen LogP contribution in [0.2, 0.25) is 0 Å². The topological polar surface area (TPSA) is 42.1 Å². The molecule has 1 heterocycles. The van der Waals surface area contributed by atoms with Gasteiger partial charge in [0.2, 0.25) is 0 Å². The Morgan fingerprint density at radius 3 is 2.47 bits per heavy atom. The Kier molecular flexibility index (Phi) is 3.96. The zero-order chi connectivity index (χ0) is 11.4. The number of hydrogen-bond acceptors (Lipinski definition) is 3. The summed E-state index contributed by atoms with van der Waals surface area (Å²) in [5, 5.41) is 0. The number of rotatable bonds is 4. The summed E-state index contributed by atoms with van der Waals surface area (Å²) >= 11 is 0. The molecule has 0 amide bonds. The van der Waals surface area contributed by atoms with E-state index in [0.717, 1.165) is 11.4 Å². The molecule has 0 saturated heterocycles. The Hall–Kier alpha value is -1.23. The Morgan fingerprint density at radius 1 is 1.40 bits per heavy atom. The van der Waals surface area contributed by atoms with Gasteiger partial charge in [-0.3, -0.25) is 0 Å². The molecule has 1 rings (SSSR count). The van der Waals surface area contributed by atoms with Crippen LogP contribution in [0.5, 0.6) is 0 Å². The van der Waals surface area contributed by atoms with E-state index < -0.39 is 12.5 Å². The average Bonchev–Trinajstić information content (AvgIpc) is 2.18. The molecule has 0 bridgehead atoms. The molecule has 84 valence electrons. The van der Waals surface area contributed by atoms with E-state index in [-0.39, 0.29) is 6.42 Å². The third kappa shape index (κ3) is 3.43. The molecule has 0 saturated carbocycles. The molecule has 0 aliphatic rings. The second-order valence-corrected chi connectivity index (χ2v) is 3.62. The summed E-state index contributed by atoms with van der Waals surface area (Å²) in [6.07, 6.45) is -0.755. The number of hydrogen-bond donors (Lipinski definition) is 1. The zero-order valence-corrected chi connectivity index (χ0v) is 8.82. The molecule has 1 unspecified atom stereocenters. The number of pyridine rings is 1. The molecular weight excluding hydrogens is 200 g/mol. The Balaban J connectivity index is 2.64. The van der Waals surface area contributed by atoms with Crippen LogP contribution < -0.4 is 10.6 Å². The standard InChI is InChI=1S/C10H15F2N3/c1-15(2)9-4-3-7(6-14-9)5-8(13)10(11)12/h3-4,6,8,10H,5,13H2,1-2H3. The predicted octanol–water partition coefficient (Wildman–Crippen LogP) is 1.28. The van der Waals surface area contributed by atoms with E-state index in [4.69, 9.17) is 5.73 Å². The van der Waals surface area contributed by atoms with E-state index in [1.807, 2.05) is 19.0 Å². The predicted molar refractivity (Wildman–Crippen MR) is 56.2 cm³/mol. The Bertz CT molecular complexity index is 298. The number of aromatic nitrogens is 1. The summed E-state index contributed by atoms with van der Waals surface area (Å²) < 4.78 is 24.3. The molecule has 0 radical (unpaired) electrons. The second kappa shape index (κ2) is 5.02. The van der Waals surface area contributed by atoms with Crippen molar-refractivity contribution >= 4 is 5.82 Å². The van der Waals surface area contributed by atoms with Gasteiger partial charge in [0.25, 0.3) is 6.43 Å². The van der Waals surface area contributed by atoms with Crippen LogP contribution >= 0.6 is 0 Å². The van der Waals surface area contributed by atoms with Crippen molar-refractivity contribution in [3.63, 3.8) is 0 Å². The molecule has 15 heavy (non-hydrogen) atoms. The highest BCUT2D eigenvalue weighted by Crippen LogP contribution is 2.11. The maximum Gasteiger partial charge on any atom is 0.253 e. The summed E-state index contributed by atoms with van der Waals surface area (Å²) in [7, 11) is 3.74. The van der Waals surface area contributed by atoms with Crippen LogP contribution in [0.25, 0.3) is 0 Å². The number of anilines is 1. The first-order valence-electron chi connectivity index (χ1n) is 4.66. The fraction of sp³-hybridized carbons (Fsp3) is 0.500. The lowest BCUT2D eigenvalue weighted by atomic mass is 10.1. The number of alkyl halides is 2. The quantitative estimate of drug-likeness (QED) is 0.822. The highest BCUT2D eigenvalue weighted by atomic mass is 19.3. The summed E-state index contributed by atoms with van der Waals surface area (Å²) in [6.45, 7) is 0. The minimum atomic E-state index is -2.49. The van der Waals surface area contributed by atoms with E-state index in [9.17, 15) is 8.78 Å². The number of nitrogens with zero attached hydrogens (tertiary/aromatic N) is 2. The molecule has 0 spiro atoms. The number of halogens is 2. The second-order valence-electron chi connectivity index (χ2n) is 3.62. The largest absolute Gasteiger partial charge is 0.363 e. The van der Waals surface area contributed by atoms with Gasteiger partial charge in [-0.15, -0.1) is 0 Å². The summed E-state index contributed by atoms with van der Waals surface area (Å²) in [4.78, 5) is 5.96. The summed E-state index contributed by atoms with van der Waals surface area (Å²) in [6, 6.07) is 2.44. The number of nitrogens with two attached hydrogens (primary N) is 1. The van der Waals surface area contributed by atoms with Gasteiger partial charge < -0.3 is 10.6 Å². The van der Waals surface area contributed by atoms with Crippen molar-refractivity contribution in [2.45, 2.75) is 18.9 Å². The molecular formula is C10H15F2N3. The van der Waals surface area contributed by atoms with E-state index in [0.29, 0.717) is 0 Å². The van der Waals surface area contributed by atoms with Gasteiger partial charge in [-0.2, -0.15) is 0 Å². The highest BCUT2D eigenvalue weighted by molar-refractivity contribution is 5.37. The third-order valence-electron chi connectivity index (χ3n) is 2.06. The van der Waals surface area contributed by atoms with Crippen molar-refractivity contribution in [2.75, 3.05) is 19.0 Å². The van der Waals surface area contributed by atoms with E-state index in [2.05, 4.69) is 4.98 Å². The van der Waals surface area contributed by atoms with Gasteiger partial charge in [-0.25, -0.2) is 13.8 Å². The SMILES string of the molecule is CN(C)c1ccc(CC(N)C(F)F)cn1. The Labute approximate surface area is 87.9 Å². The van der Waals surface area contributed by atoms with Gasteiger partial charge in [0, 0.05) is 20.3 Å². The maximum absolute atomic E-state index is 12.2. The van der Waals surface area contributed by atoms with Crippen molar-refractivity contribution < 1.29 is 8.78 Å². The van der Waals surface area contributed by atoms with Crippen molar-refractivity contribution in [3.8, 4) is 0 Å². The minimum Gasteiger partial charge on any atom is -0.363 e. The highest BCUT2D eigenvalue weighted by Gasteiger charge is 2.15. The van der Waals surface area contributed by atoms with Crippen molar-refractivity contribution in [1.82, 2.24) is 4.98 Å². The maximum atomic E-state index is 12.2. The molecule has 0 aliphatic carbocycles. The van der Waals surface area contributed by atoms with Crippen molar-refractivity contribution in [1.29, 1.82) is 0 Å². The van der Waals surface area contributed by atoms with Crippen LogP contribution in [0.3, 0.4) is 0 Å². The van der Waals surface area contributed by atoms with Crippen LogP contribution in [0.4, 0.5) is 14.6 Å². The lowest BCUT2D eigenvalue weighted by Crippen LogP contribution is -2.30. The van der Waals surface area contributed by atoms with Crippen LogP contribution in [-0.4, -0.2) is 31.5 Å². The van der Waals surface area contributed by atoms with Gasteiger partial charge in [0.1, 0.15) is 5.82 Å². The lowest BCUT2D eigenvalue weighted by molar-refractivity contribution is 0.116. The van der Waals surface area contributed by atoms with Gasteiger partial charge in [-0.05, 0) is 18.1 Å². The average molecular weight is 215 g/mol. The third-order valence-corrected chi connectivity index (χ3v) is 2.06. The van der Waals surface area contributed by atoms with E-state index in [1.165, 1.54) is 0 Å². The van der Waals surface area contributed by atoms with E-state index >= 15 is 0 Å².